The quantitative estimate of drug-likeness (QED) is 0.747. The highest BCUT2D eigenvalue weighted by Crippen LogP contribution is 2.23. The number of nitrogen functional groups attached to an aromatic ring is 1. The fourth-order valence-corrected chi connectivity index (χ4v) is 3.73. The van der Waals surface area contributed by atoms with Crippen LogP contribution in [0.15, 0.2) is 56.3 Å². The van der Waals surface area contributed by atoms with Crippen molar-refractivity contribution >= 4 is 48.3 Å². The molecule has 6 heteroatoms. The van der Waals surface area contributed by atoms with Crippen LogP contribution in [0.1, 0.15) is 0 Å². The molecule has 1 unspecified atom stereocenters. The lowest BCUT2D eigenvalue weighted by Crippen LogP contribution is -2.09. The molecular weight excluding hydrogens is 406 g/mol. The number of hydrogen-bond acceptors (Lipinski definition) is 3. The van der Waals surface area contributed by atoms with E-state index in [1.807, 2.05) is 24.3 Å². The van der Waals surface area contributed by atoms with Crippen molar-refractivity contribution in [1.82, 2.24) is 0 Å². The molecule has 106 valence electrons. The van der Waals surface area contributed by atoms with Gasteiger partial charge in [-0.05, 0) is 58.4 Å². The molecule has 2 aromatic carbocycles. The van der Waals surface area contributed by atoms with Crippen LogP contribution in [0.4, 0.5) is 5.69 Å². The molecule has 0 saturated heterocycles. The fourth-order valence-electron chi connectivity index (χ4n) is 1.58. The van der Waals surface area contributed by atoms with E-state index in [0.717, 1.165) is 19.6 Å². The molecule has 2 aromatic rings. The van der Waals surface area contributed by atoms with Gasteiger partial charge in [0.05, 0.1) is 21.4 Å². The largest absolute Gasteiger partial charge is 0.493 e. The summed E-state index contributed by atoms with van der Waals surface area (Å²) >= 11 is 6.74. The number of ether oxygens (including phenoxy) is 1. The van der Waals surface area contributed by atoms with E-state index in [2.05, 4.69) is 31.9 Å². The molecule has 2 rings (SSSR count). The maximum atomic E-state index is 12.2. The van der Waals surface area contributed by atoms with E-state index < -0.39 is 10.8 Å². The van der Waals surface area contributed by atoms with E-state index in [4.69, 9.17) is 10.5 Å². The van der Waals surface area contributed by atoms with Crippen LogP contribution in [-0.4, -0.2) is 16.6 Å². The zero-order valence-electron chi connectivity index (χ0n) is 10.5. The second kappa shape index (κ2) is 7.24. The summed E-state index contributed by atoms with van der Waals surface area (Å²) in [5.41, 5.74) is 6.30. The molecule has 0 bridgehead atoms. The summed E-state index contributed by atoms with van der Waals surface area (Å²) in [6.07, 6.45) is 0. The molecule has 0 saturated carbocycles. The summed E-state index contributed by atoms with van der Waals surface area (Å²) in [4.78, 5) is 0.735. The first kappa shape index (κ1) is 15.5. The van der Waals surface area contributed by atoms with Crippen molar-refractivity contribution in [3.8, 4) is 5.75 Å². The Morgan fingerprint density at radius 1 is 1.10 bits per heavy atom. The first-order chi connectivity index (χ1) is 9.56. The van der Waals surface area contributed by atoms with Crippen LogP contribution in [0.3, 0.4) is 0 Å². The van der Waals surface area contributed by atoms with E-state index in [1.54, 1.807) is 18.2 Å². The van der Waals surface area contributed by atoms with Crippen LogP contribution in [0.25, 0.3) is 0 Å². The Morgan fingerprint density at radius 3 is 2.45 bits per heavy atom. The first-order valence-electron chi connectivity index (χ1n) is 5.88. The molecule has 1 atom stereocenters. The maximum absolute atomic E-state index is 12.2. The van der Waals surface area contributed by atoms with Gasteiger partial charge >= 0.3 is 0 Å². The van der Waals surface area contributed by atoms with Gasteiger partial charge in [0, 0.05) is 14.6 Å². The third-order valence-electron chi connectivity index (χ3n) is 2.55. The molecule has 2 N–H and O–H groups in total. The Labute approximate surface area is 137 Å². The van der Waals surface area contributed by atoms with Crippen LogP contribution in [0.2, 0.25) is 0 Å². The lowest BCUT2D eigenvalue weighted by molar-refractivity contribution is 0.342. The van der Waals surface area contributed by atoms with Gasteiger partial charge in [0.25, 0.3) is 0 Å². The number of rotatable bonds is 5. The van der Waals surface area contributed by atoms with Crippen molar-refractivity contribution < 1.29 is 8.95 Å². The maximum Gasteiger partial charge on any atom is 0.119 e. The standard InChI is InChI=1S/C14H13Br2NO2S/c15-10-1-4-12(5-2-10)19-7-8-20(18)14-6-3-11(17)9-13(14)16/h1-6,9H,7-8,17H2. The van der Waals surface area contributed by atoms with Crippen LogP contribution in [-0.2, 0) is 10.8 Å². The molecule has 0 amide bonds. The molecule has 0 heterocycles. The second-order valence-electron chi connectivity index (χ2n) is 4.04. The number of anilines is 1. The summed E-state index contributed by atoms with van der Waals surface area (Å²) in [7, 11) is -1.12. The molecule has 0 spiro atoms. The number of nitrogens with two attached hydrogens (primary N) is 1. The predicted octanol–water partition coefficient (Wildman–Crippen LogP) is 3.98. The Hall–Kier alpha value is -0.850. The summed E-state index contributed by atoms with van der Waals surface area (Å²) in [5, 5.41) is 0. The van der Waals surface area contributed by atoms with E-state index in [0.29, 0.717) is 18.0 Å². The molecule has 0 aromatic heterocycles. The lowest BCUT2D eigenvalue weighted by atomic mass is 10.3. The van der Waals surface area contributed by atoms with E-state index >= 15 is 0 Å². The van der Waals surface area contributed by atoms with Gasteiger partial charge in [0.2, 0.25) is 0 Å². The average molecular weight is 419 g/mol. The van der Waals surface area contributed by atoms with E-state index in [1.165, 1.54) is 0 Å². The molecule has 0 aliphatic carbocycles. The Balaban J connectivity index is 1.90. The number of halogens is 2. The van der Waals surface area contributed by atoms with Gasteiger partial charge in [0.1, 0.15) is 12.4 Å². The van der Waals surface area contributed by atoms with Crippen LogP contribution in [0, 0.1) is 0 Å². The van der Waals surface area contributed by atoms with Crippen LogP contribution in [0.5, 0.6) is 5.75 Å². The summed E-state index contributed by atoms with van der Waals surface area (Å²) < 4.78 is 19.5. The monoisotopic (exact) mass is 417 g/mol. The van der Waals surface area contributed by atoms with Gasteiger partial charge < -0.3 is 10.5 Å². The highest BCUT2D eigenvalue weighted by molar-refractivity contribution is 9.10. The molecule has 20 heavy (non-hydrogen) atoms. The third kappa shape index (κ3) is 4.33. The fraction of sp³-hybridized carbons (Fsp3) is 0.143. The van der Waals surface area contributed by atoms with E-state index in [-0.39, 0.29) is 0 Å². The van der Waals surface area contributed by atoms with Crippen LogP contribution >= 0.6 is 31.9 Å². The zero-order chi connectivity index (χ0) is 14.5. The summed E-state index contributed by atoms with van der Waals surface area (Å²) in [6, 6.07) is 12.8. The molecule has 0 radical (unpaired) electrons. The summed E-state index contributed by atoms with van der Waals surface area (Å²) in [6.45, 7) is 0.394. The molecule has 0 aliphatic heterocycles. The highest BCUT2D eigenvalue weighted by Gasteiger charge is 2.08. The minimum absolute atomic E-state index is 0.394. The van der Waals surface area contributed by atoms with Gasteiger partial charge in [-0.3, -0.25) is 4.21 Å². The topological polar surface area (TPSA) is 52.3 Å². The molecule has 3 nitrogen and oxygen atoms in total. The van der Waals surface area contributed by atoms with Crippen molar-refractivity contribution in [1.29, 1.82) is 0 Å². The predicted molar refractivity (Wildman–Crippen MR) is 89.5 cm³/mol. The lowest BCUT2D eigenvalue weighted by Gasteiger charge is -2.08. The zero-order valence-corrected chi connectivity index (χ0v) is 14.5. The van der Waals surface area contributed by atoms with Gasteiger partial charge in [-0.25, -0.2) is 0 Å². The van der Waals surface area contributed by atoms with Crippen molar-refractivity contribution in [3.05, 3.63) is 51.4 Å². The average Bonchev–Trinajstić information content (AvgIpc) is 2.41. The Kier molecular flexibility index (Phi) is 5.63. The molecule has 0 fully saturated rings. The minimum atomic E-state index is -1.12. The van der Waals surface area contributed by atoms with Gasteiger partial charge in [-0.2, -0.15) is 0 Å². The number of hydrogen-bond donors (Lipinski definition) is 1. The summed E-state index contributed by atoms with van der Waals surface area (Å²) in [5.74, 6) is 1.19. The van der Waals surface area contributed by atoms with Crippen molar-refractivity contribution in [2.45, 2.75) is 4.90 Å². The van der Waals surface area contributed by atoms with Gasteiger partial charge in [-0.15, -0.1) is 0 Å². The van der Waals surface area contributed by atoms with Gasteiger partial charge in [0.15, 0.2) is 0 Å². The van der Waals surface area contributed by atoms with Gasteiger partial charge in [-0.1, -0.05) is 15.9 Å². The SMILES string of the molecule is Nc1ccc(S(=O)CCOc2ccc(Br)cc2)c(Br)c1. The van der Waals surface area contributed by atoms with E-state index in [9.17, 15) is 4.21 Å². The Bertz CT molecular complexity index is 617. The molecular formula is C14H13Br2NO2S. The van der Waals surface area contributed by atoms with Crippen molar-refractivity contribution in [2.24, 2.45) is 0 Å². The second-order valence-corrected chi connectivity index (χ2v) is 7.35. The third-order valence-corrected chi connectivity index (χ3v) is 5.38. The van der Waals surface area contributed by atoms with Crippen LogP contribution < -0.4 is 10.5 Å². The first-order valence-corrected chi connectivity index (χ1v) is 8.78. The molecule has 0 aliphatic rings. The smallest absolute Gasteiger partial charge is 0.119 e. The minimum Gasteiger partial charge on any atom is -0.493 e. The Morgan fingerprint density at radius 2 is 1.80 bits per heavy atom. The highest BCUT2D eigenvalue weighted by atomic mass is 79.9. The van der Waals surface area contributed by atoms with Crippen molar-refractivity contribution in [3.63, 3.8) is 0 Å². The van der Waals surface area contributed by atoms with Crippen molar-refractivity contribution in [2.75, 3.05) is 18.1 Å². The normalized spacial score (nSPS) is 12.1. The number of benzene rings is 2.